The predicted octanol–water partition coefficient (Wildman–Crippen LogP) is 3.32. The van der Waals surface area contributed by atoms with E-state index in [-0.39, 0.29) is 6.10 Å². The van der Waals surface area contributed by atoms with Gasteiger partial charge in [-0.3, -0.25) is 4.57 Å². The highest BCUT2D eigenvalue weighted by atomic mass is 32.1. The number of aromatic nitrogens is 3. The van der Waals surface area contributed by atoms with Gasteiger partial charge in [0.15, 0.2) is 0 Å². The maximum absolute atomic E-state index is 5.75. The summed E-state index contributed by atoms with van der Waals surface area (Å²) in [6.07, 6.45) is 6.88. The first-order valence-corrected chi connectivity index (χ1v) is 7.38. The van der Waals surface area contributed by atoms with Gasteiger partial charge in [-0.25, -0.2) is 9.36 Å². The number of hydrogen-bond acceptors (Lipinski definition) is 4. The monoisotopic (exact) mass is 283 g/mol. The van der Waals surface area contributed by atoms with Gasteiger partial charge < -0.3 is 4.74 Å². The van der Waals surface area contributed by atoms with E-state index in [0.29, 0.717) is 0 Å². The molecule has 1 atom stereocenters. The molecule has 0 saturated carbocycles. The molecule has 100 valence electrons. The molecule has 0 bridgehead atoms. The van der Waals surface area contributed by atoms with E-state index < -0.39 is 0 Å². The Bertz CT molecular complexity index is 748. The highest BCUT2D eigenvalue weighted by Crippen LogP contribution is 2.31. The van der Waals surface area contributed by atoms with Gasteiger partial charge in [-0.15, -0.1) is 0 Å². The maximum atomic E-state index is 5.75. The third-order valence-electron chi connectivity index (χ3n) is 3.49. The van der Waals surface area contributed by atoms with Crippen LogP contribution < -0.4 is 4.74 Å². The van der Waals surface area contributed by atoms with Crippen molar-refractivity contribution in [3.05, 3.63) is 47.7 Å². The Kier molecular flexibility index (Phi) is 2.60. The summed E-state index contributed by atoms with van der Waals surface area (Å²) in [6.45, 7) is 2.10. The summed E-state index contributed by atoms with van der Waals surface area (Å²) in [5, 5.41) is 2.01. The second-order valence-electron chi connectivity index (χ2n) is 4.96. The third-order valence-corrected chi connectivity index (χ3v) is 4.08. The minimum atomic E-state index is 0.267. The molecule has 1 unspecified atom stereocenters. The van der Waals surface area contributed by atoms with Gasteiger partial charge >= 0.3 is 0 Å². The minimum absolute atomic E-state index is 0.267. The van der Waals surface area contributed by atoms with Crippen molar-refractivity contribution < 1.29 is 4.74 Å². The van der Waals surface area contributed by atoms with Crippen LogP contribution in [0.4, 0.5) is 0 Å². The molecule has 1 aliphatic rings. The van der Waals surface area contributed by atoms with Crippen molar-refractivity contribution in [2.24, 2.45) is 0 Å². The quantitative estimate of drug-likeness (QED) is 0.724. The van der Waals surface area contributed by atoms with Gasteiger partial charge in [-0.05, 0) is 42.2 Å². The number of fused-ring (bicyclic) bond motifs is 1. The molecule has 4 rings (SSSR count). The van der Waals surface area contributed by atoms with E-state index in [2.05, 4.69) is 33.0 Å². The number of imidazole rings is 1. The molecule has 0 N–H and O–H groups in total. The lowest BCUT2D eigenvalue weighted by atomic mass is 10.1. The van der Waals surface area contributed by atoms with Crippen LogP contribution in [0, 0.1) is 0 Å². The lowest BCUT2D eigenvalue weighted by molar-refractivity contribution is 0.254. The van der Waals surface area contributed by atoms with Crippen molar-refractivity contribution in [2.75, 3.05) is 0 Å². The van der Waals surface area contributed by atoms with E-state index in [4.69, 9.17) is 4.74 Å². The summed E-state index contributed by atoms with van der Waals surface area (Å²) in [4.78, 5) is 4.44. The maximum Gasteiger partial charge on any atom is 0.146 e. The van der Waals surface area contributed by atoms with E-state index >= 15 is 0 Å². The molecular weight excluding hydrogens is 270 g/mol. The molecule has 20 heavy (non-hydrogen) atoms. The van der Waals surface area contributed by atoms with Gasteiger partial charge in [-0.1, -0.05) is 0 Å². The molecule has 1 aromatic carbocycles. The summed E-state index contributed by atoms with van der Waals surface area (Å²) in [7, 11) is 0. The summed E-state index contributed by atoms with van der Waals surface area (Å²) >= 11 is 1.44. The van der Waals surface area contributed by atoms with Crippen LogP contribution in [-0.4, -0.2) is 20.0 Å². The standard InChI is InChI=1S/C15H13N3OS/c1-10-6-11-7-13(2-3-14(11)19-10)18-5-4-16-15(18)12-8-17-20-9-12/h2-5,7-10H,6H2,1H3. The van der Waals surface area contributed by atoms with E-state index in [1.807, 2.05) is 30.0 Å². The first kappa shape index (κ1) is 11.7. The molecule has 4 nitrogen and oxygen atoms in total. The first-order chi connectivity index (χ1) is 9.81. The van der Waals surface area contributed by atoms with Crippen molar-refractivity contribution >= 4 is 11.5 Å². The number of ether oxygens (including phenoxy) is 1. The largest absolute Gasteiger partial charge is 0.490 e. The van der Waals surface area contributed by atoms with Crippen LogP contribution in [0.1, 0.15) is 12.5 Å². The van der Waals surface area contributed by atoms with Crippen LogP contribution in [-0.2, 0) is 6.42 Å². The topological polar surface area (TPSA) is 39.9 Å². The molecule has 0 aliphatic carbocycles. The van der Waals surface area contributed by atoms with Gasteiger partial charge in [0.2, 0.25) is 0 Å². The number of benzene rings is 1. The summed E-state index contributed by atoms with van der Waals surface area (Å²) < 4.78 is 12.0. The molecule has 3 heterocycles. The van der Waals surface area contributed by atoms with Crippen molar-refractivity contribution in [2.45, 2.75) is 19.4 Å². The number of nitrogens with zero attached hydrogens (tertiary/aromatic N) is 3. The Morgan fingerprint density at radius 1 is 1.40 bits per heavy atom. The fraction of sp³-hybridized carbons (Fsp3) is 0.200. The molecule has 1 aliphatic heterocycles. The van der Waals surface area contributed by atoms with Crippen LogP contribution in [0.3, 0.4) is 0 Å². The zero-order chi connectivity index (χ0) is 13.5. The lowest BCUT2D eigenvalue weighted by Crippen LogP contribution is -2.05. The average molecular weight is 283 g/mol. The predicted molar refractivity (Wildman–Crippen MR) is 78.5 cm³/mol. The molecule has 0 radical (unpaired) electrons. The second kappa shape index (κ2) is 4.45. The number of hydrogen-bond donors (Lipinski definition) is 0. The Morgan fingerprint density at radius 2 is 2.35 bits per heavy atom. The summed E-state index contributed by atoms with van der Waals surface area (Å²) in [5.74, 6) is 1.92. The zero-order valence-corrected chi connectivity index (χ0v) is 11.8. The first-order valence-electron chi connectivity index (χ1n) is 6.54. The van der Waals surface area contributed by atoms with Crippen LogP contribution in [0.2, 0.25) is 0 Å². The van der Waals surface area contributed by atoms with Gasteiger partial charge in [-0.2, -0.15) is 0 Å². The molecule has 0 fully saturated rings. The Hall–Kier alpha value is -2.14. The summed E-state index contributed by atoms with van der Waals surface area (Å²) in [6, 6.07) is 6.30. The number of rotatable bonds is 2. The SMILES string of the molecule is CC1Cc2cc(-n3ccnc3-c3cnsc3)ccc2O1. The van der Waals surface area contributed by atoms with E-state index in [1.54, 1.807) is 0 Å². The fourth-order valence-corrected chi connectivity index (χ4v) is 3.11. The highest BCUT2D eigenvalue weighted by molar-refractivity contribution is 7.03. The van der Waals surface area contributed by atoms with E-state index in [9.17, 15) is 0 Å². The Balaban J connectivity index is 1.80. The molecular formula is C15H13N3OS. The van der Waals surface area contributed by atoms with Crippen LogP contribution >= 0.6 is 11.5 Å². The van der Waals surface area contributed by atoms with Crippen molar-refractivity contribution in [1.82, 2.24) is 13.9 Å². The second-order valence-corrected chi connectivity index (χ2v) is 5.62. The van der Waals surface area contributed by atoms with Crippen molar-refractivity contribution in [1.29, 1.82) is 0 Å². The van der Waals surface area contributed by atoms with Crippen LogP contribution in [0.5, 0.6) is 5.75 Å². The summed E-state index contributed by atoms with van der Waals surface area (Å²) in [5.41, 5.74) is 3.42. The Morgan fingerprint density at radius 3 is 3.20 bits per heavy atom. The normalized spacial score (nSPS) is 16.9. The highest BCUT2D eigenvalue weighted by Gasteiger charge is 2.19. The zero-order valence-electron chi connectivity index (χ0n) is 11.0. The van der Waals surface area contributed by atoms with Crippen LogP contribution in [0.25, 0.3) is 17.1 Å². The smallest absolute Gasteiger partial charge is 0.146 e. The third kappa shape index (κ3) is 1.82. The molecule has 3 aromatic rings. The van der Waals surface area contributed by atoms with Crippen LogP contribution in [0.15, 0.2) is 42.2 Å². The molecule has 2 aromatic heterocycles. The van der Waals surface area contributed by atoms with Gasteiger partial charge in [0, 0.05) is 35.4 Å². The Labute approximate surface area is 120 Å². The van der Waals surface area contributed by atoms with Gasteiger partial charge in [0.1, 0.15) is 17.7 Å². The molecule has 0 saturated heterocycles. The van der Waals surface area contributed by atoms with Crippen molar-refractivity contribution in [3.63, 3.8) is 0 Å². The molecule has 0 amide bonds. The fourth-order valence-electron chi connectivity index (χ4n) is 2.60. The van der Waals surface area contributed by atoms with Gasteiger partial charge in [0.05, 0.1) is 6.20 Å². The van der Waals surface area contributed by atoms with E-state index in [1.165, 1.54) is 17.1 Å². The van der Waals surface area contributed by atoms with Gasteiger partial charge in [0.25, 0.3) is 0 Å². The average Bonchev–Trinajstić information content (AvgIpc) is 3.16. The molecule has 5 heteroatoms. The lowest BCUT2D eigenvalue weighted by Gasteiger charge is -2.08. The minimum Gasteiger partial charge on any atom is -0.490 e. The van der Waals surface area contributed by atoms with Crippen molar-refractivity contribution in [3.8, 4) is 22.8 Å². The van der Waals surface area contributed by atoms with E-state index in [0.717, 1.165) is 29.2 Å². The molecule has 0 spiro atoms.